The standard InChI is InChI=1S/C6H10NO2.BrH.Zn/c1-6(8)7-2-4-9-5-3-7;;/h1-5H2;1H;/q;;+1/p-1/i2D2,3D2,4D2,5D2;;. The smallest absolute Gasteiger partial charge is 1.00 e. The maximum atomic E-state index is 11.7. The largest absolute Gasteiger partial charge is 1.00 e. The van der Waals surface area contributed by atoms with Gasteiger partial charge in [-0.1, -0.05) is 0 Å². The second kappa shape index (κ2) is 6.09. The van der Waals surface area contributed by atoms with Crippen molar-refractivity contribution in [2.45, 2.75) is 5.02 Å². The molecule has 1 amide bonds. The van der Waals surface area contributed by atoms with Gasteiger partial charge in [0.05, 0.1) is 0 Å². The molecule has 0 aromatic rings. The van der Waals surface area contributed by atoms with Gasteiger partial charge in [-0.3, -0.25) is 0 Å². The number of hydrogen-bond donors (Lipinski definition) is 0. The molecule has 0 unspecified atom stereocenters. The third kappa shape index (κ3) is 3.63. The number of carbonyl (C=O) groups excluding carboxylic acids is 1. The summed E-state index contributed by atoms with van der Waals surface area (Å²) in [5, 5.41) is -0.162. The second-order valence-corrected chi connectivity index (χ2v) is 2.56. The Hall–Kier alpha value is 0.533. The molecule has 1 rings (SSSR count). The Balaban J connectivity index is 0.00000324. The molecule has 0 aliphatic carbocycles. The molecule has 1 aliphatic rings. The van der Waals surface area contributed by atoms with Gasteiger partial charge in [0, 0.05) is 0 Å². The van der Waals surface area contributed by atoms with Crippen LogP contribution in [0, 0.1) is 0 Å². The molecule has 1 heterocycles. The van der Waals surface area contributed by atoms with Crippen LogP contribution in [-0.2, 0) is 27.8 Å². The predicted octanol–water partition coefficient (Wildman–Crippen LogP) is -3.19. The Kier molecular flexibility index (Phi) is 2.06. The van der Waals surface area contributed by atoms with Gasteiger partial charge >= 0.3 is 80.7 Å². The van der Waals surface area contributed by atoms with Crippen LogP contribution in [0.2, 0.25) is 5.02 Å². The number of ether oxygens (including phenoxy) is 1. The van der Waals surface area contributed by atoms with E-state index < -0.39 is 32.0 Å². The van der Waals surface area contributed by atoms with E-state index in [-0.39, 0.29) is 26.9 Å². The van der Waals surface area contributed by atoms with Crippen LogP contribution in [0.3, 0.4) is 0 Å². The number of hydrogen-bond acceptors (Lipinski definition) is 2. The van der Waals surface area contributed by atoms with Crippen molar-refractivity contribution in [3.05, 3.63) is 0 Å². The monoisotopic (exact) mass is 279 g/mol. The first-order valence-electron chi connectivity index (χ1n) is 6.64. The van der Waals surface area contributed by atoms with Crippen molar-refractivity contribution in [1.82, 2.24) is 4.90 Å². The summed E-state index contributed by atoms with van der Waals surface area (Å²) >= 11 is 0.425. The predicted molar refractivity (Wildman–Crippen MR) is 32.2 cm³/mol. The fraction of sp³-hybridized carbons (Fsp3) is 0.833. The number of amides is 1. The SMILES string of the molecule is [2H]C1([2H])OC([2H])([2H])C([2H])([2H])N(C(=O)[CH2][Zn+])C1([2H])[2H].[Br-]. The van der Waals surface area contributed by atoms with Crippen molar-refractivity contribution in [3.8, 4) is 0 Å². The van der Waals surface area contributed by atoms with E-state index in [1.54, 1.807) is 0 Å². The van der Waals surface area contributed by atoms with E-state index in [1.165, 1.54) is 0 Å². The maximum Gasteiger partial charge on any atom is -1.00 e. The first-order valence-corrected chi connectivity index (χ1v) is 4.73. The fourth-order valence-corrected chi connectivity index (χ4v) is 0.896. The van der Waals surface area contributed by atoms with Crippen molar-refractivity contribution < 1.29 is 55.8 Å². The van der Waals surface area contributed by atoms with E-state index in [9.17, 15) is 4.79 Å². The summed E-state index contributed by atoms with van der Waals surface area (Å²) in [7, 11) is 0. The molecule has 0 atom stereocenters. The minimum absolute atomic E-state index is 0. The molecular weight excluding hydrogens is 263 g/mol. The molecule has 1 aliphatic heterocycles. The number of rotatable bonds is 1. The zero-order valence-corrected chi connectivity index (χ0v) is 10.1. The first-order chi connectivity index (χ1) is 7.81. The van der Waals surface area contributed by atoms with E-state index >= 15 is 0 Å². The van der Waals surface area contributed by atoms with Crippen molar-refractivity contribution in [2.75, 3.05) is 26.1 Å². The van der Waals surface area contributed by atoms with Crippen molar-refractivity contribution in [2.24, 2.45) is 0 Å². The van der Waals surface area contributed by atoms with Crippen LogP contribution >= 0.6 is 0 Å². The number of morpholine rings is 1. The van der Waals surface area contributed by atoms with Crippen molar-refractivity contribution in [3.63, 3.8) is 0 Å². The summed E-state index contributed by atoms with van der Waals surface area (Å²) in [4.78, 5) is 11.6. The summed E-state index contributed by atoms with van der Waals surface area (Å²) in [5.74, 6) is -0.985. The molecular formula is C6H10BrNO2Zn. The average molecular weight is 281 g/mol. The van der Waals surface area contributed by atoms with Gasteiger partial charge in [0.25, 0.3) is 0 Å². The minimum atomic E-state index is -3.15. The van der Waals surface area contributed by atoms with Gasteiger partial charge in [0.2, 0.25) is 0 Å². The van der Waals surface area contributed by atoms with E-state index in [4.69, 9.17) is 11.0 Å². The van der Waals surface area contributed by atoms with Crippen LogP contribution in [0.15, 0.2) is 0 Å². The Morgan fingerprint density at radius 1 is 1.64 bits per heavy atom. The minimum Gasteiger partial charge on any atom is -1.00 e. The fourth-order valence-electron chi connectivity index (χ4n) is 0.427. The van der Waals surface area contributed by atoms with E-state index in [1.807, 2.05) is 0 Å². The zero-order chi connectivity index (χ0) is 14.6. The molecule has 0 spiro atoms. The normalized spacial score (nSPS) is 46.5. The molecule has 1 saturated heterocycles. The topological polar surface area (TPSA) is 29.5 Å². The maximum absolute atomic E-state index is 11.7. The van der Waals surface area contributed by atoms with Gasteiger partial charge < -0.3 is 17.0 Å². The Morgan fingerprint density at radius 2 is 2.18 bits per heavy atom. The first kappa shape index (κ1) is 3.73. The van der Waals surface area contributed by atoms with Crippen LogP contribution in [0.4, 0.5) is 0 Å². The number of nitrogens with zero attached hydrogens (tertiary/aromatic N) is 1. The van der Waals surface area contributed by atoms with E-state index in [2.05, 4.69) is 4.74 Å². The van der Waals surface area contributed by atoms with Crippen LogP contribution in [0.5, 0.6) is 0 Å². The van der Waals surface area contributed by atoms with Gasteiger partial charge in [-0.15, -0.1) is 0 Å². The molecule has 0 aromatic carbocycles. The summed E-state index contributed by atoms with van der Waals surface area (Å²) < 4.78 is 63.7. The molecule has 0 aromatic heterocycles. The molecule has 0 radical (unpaired) electrons. The van der Waals surface area contributed by atoms with Gasteiger partial charge in [0.1, 0.15) is 0 Å². The molecule has 0 bridgehead atoms. The van der Waals surface area contributed by atoms with E-state index in [0.29, 0.717) is 18.3 Å². The second-order valence-electron chi connectivity index (χ2n) is 1.51. The van der Waals surface area contributed by atoms with Gasteiger partial charge in [0.15, 0.2) is 0 Å². The van der Waals surface area contributed by atoms with Crippen molar-refractivity contribution in [1.29, 1.82) is 0 Å². The third-order valence-electron chi connectivity index (χ3n) is 0.880. The summed E-state index contributed by atoms with van der Waals surface area (Å²) in [5.41, 5.74) is 0. The molecule has 11 heavy (non-hydrogen) atoms. The third-order valence-corrected chi connectivity index (χ3v) is 1.78. The van der Waals surface area contributed by atoms with Crippen LogP contribution in [-0.4, -0.2) is 36.9 Å². The quantitative estimate of drug-likeness (QED) is 0.474. The van der Waals surface area contributed by atoms with E-state index in [0.717, 1.165) is 0 Å². The summed E-state index contributed by atoms with van der Waals surface area (Å²) in [6, 6.07) is 0. The van der Waals surface area contributed by atoms with Gasteiger partial charge in [-0.2, -0.15) is 0 Å². The average Bonchev–Trinajstić information content (AvgIpc) is 2.12. The molecule has 5 heteroatoms. The van der Waals surface area contributed by atoms with Crippen LogP contribution < -0.4 is 17.0 Å². The molecule has 3 nitrogen and oxygen atoms in total. The summed E-state index contributed by atoms with van der Waals surface area (Å²) in [6.07, 6.45) is 0. The summed E-state index contributed by atoms with van der Waals surface area (Å²) in [6.45, 7) is -12.5. The Labute approximate surface area is 98.1 Å². The number of halogens is 1. The molecule has 60 valence electrons. The molecule has 0 N–H and O–H groups in total. The Bertz CT molecular complexity index is 352. The van der Waals surface area contributed by atoms with Gasteiger partial charge in [-0.05, 0) is 0 Å². The van der Waals surface area contributed by atoms with Crippen LogP contribution in [0.25, 0.3) is 0 Å². The Morgan fingerprint density at radius 3 is 2.64 bits per heavy atom. The molecule has 0 saturated carbocycles. The molecule has 1 fully saturated rings. The van der Waals surface area contributed by atoms with Crippen molar-refractivity contribution >= 4 is 5.91 Å². The van der Waals surface area contributed by atoms with Crippen LogP contribution in [0.1, 0.15) is 11.0 Å². The van der Waals surface area contributed by atoms with Gasteiger partial charge in [-0.25, -0.2) is 0 Å². The number of carbonyl (C=O) groups is 1. The zero-order valence-electron chi connectivity index (χ0n) is 13.6.